The van der Waals surface area contributed by atoms with Crippen molar-refractivity contribution >= 4 is 23.0 Å². The largest absolute Gasteiger partial charge is 0.508 e. The summed E-state index contributed by atoms with van der Waals surface area (Å²) in [7, 11) is 0. The number of carbonyl (C=O) groups excluding carboxylic acids is 1. The Hall–Kier alpha value is -5.04. The molecule has 0 saturated carbocycles. The summed E-state index contributed by atoms with van der Waals surface area (Å²) in [6, 6.07) is 13.5. The monoisotopic (exact) mass is 564 g/mol. The minimum atomic E-state index is -1.67. The third-order valence-electron chi connectivity index (χ3n) is 6.27. The van der Waals surface area contributed by atoms with Crippen molar-refractivity contribution in [1.82, 2.24) is 0 Å². The Bertz CT molecular complexity index is 1660. The number of aromatic hydroxyl groups is 4. The predicted octanol–water partition coefficient (Wildman–Crippen LogP) is 2.36. The summed E-state index contributed by atoms with van der Waals surface area (Å²) in [5.74, 6) is -2.63. The number of ether oxygens (including phenoxy) is 3. The Morgan fingerprint density at radius 2 is 1.56 bits per heavy atom. The fourth-order valence-corrected chi connectivity index (χ4v) is 4.21. The minimum absolute atomic E-state index is 0.0381. The van der Waals surface area contributed by atoms with Crippen LogP contribution in [0.25, 0.3) is 28.4 Å². The van der Waals surface area contributed by atoms with Crippen molar-refractivity contribution in [3.05, 3.63) is 82.5 Å². The lowest BCUT2D eigenvalue weighted by Crippen LogP contribution is -2.56. The summed E-state index contributed by atoms with van der Waals surface area (Å²) in [4.78, 5) is 26.2. The van der Waals surface area contributed by atoms with Gasteiger partial charge in [-0.05, 0) is 48.0 Å². The molecule has 0 aliphatic carbocycles. The summed E-state index contributed by atoms with van der Waals surface area (Å²) in [5.41, 5.74) is -0.244. The van der Waals surface area contributed by atoms with Crippen LogP contribution in [-0.4, -0.2) is 67.8 Å². The summed E-state index contributed by atoms with van der Waals surface area (Å²) in [6.07, 6.45) is -3.92. The van der Waals surface area contributed by atoms with Gasteiger partial charge in [0.05, 0.1) is 6.61 Å². The Labute approximate surface area is 231 Å². The zero-order valence-corrected chi connectivity index (χ0v) is 21.1. The maximum atomic E-state index is 13.6. The van der Waals surface area contributed by atoms with E-state index in [0.717, 1.165) is 18.2 Å². The van der Waals surface area contributed by atoms with Gasteiger partial charge in [0.15, 0.2) is 11.9 Å². The van der Waals surface area contributed by atoms with Crippen LogP contribution in [0.4, 0.5) is 0 Å². The van der Waals surface area contributed by atoms with Gasteiger partial charge in [0.1, 0.15) is 46.2 Å². The van der Waals surface area contributed by atoms with Crippen LogP contribution < -0.4 is 10.2 Å². The van der Waals surface area contributed by atoms with Crippen LogP contribution in [0.3, 0.4) is 0 Å². The Balaban J connectivity index is 1.52. The van der Waals surface area contributed by atoms with Crippen LogP contribution in [0, 0.1) is 0 Å². The molecule has 3 aromatic carbocycles. The number of carbonyl (C=O) groups is 1. The van der Waals surface area contributed by atoms with Crippen molar-refractivity contribution in [2.24, 2.45) is 0 Å². The number of aliphatic hydroxyl groups excluding tert-OH is 2. The summed E-state index contributed by atoms with van der Waals surface area (Å²) in [6.45, 7) is -0.435. The molecule has 12 nitrogen and oxygen atoms in total. The second-order valence-electron chi connectivity index (χ2n) is 9.18. The van der Waals surface area contributed by atoms with Crippen LogP contribution in [0.5, 0.6) is 28.7 Å². The number of phenolic OH excluding ortho intramolecular Hbond substituents is 4. The third kappa shape index (κ3) is 5.79. The van der Waals surface area contributed by atoms with Crippen LogP contribution in [0.15, 0.2) is 76.0 Å². The van der Waals surface area contributed by atoms with E-state index in [1.165, 1.54) is 42.5 Å². The first-order valence-corrected chi connectivity index (χ1v) is 12.2. The topological polar surface area (TPSA) is 196 Å². The van der Waals surface area contributed by atoms with Crippen molar-refractivity contribution in [1.29, 1.82) is 0 Å². The third-order valence-corrected chi connectivity index (χ3v) is 6.27. The molecular formula is C29H24O12. The quantitative estimate of drug-likeness (QED) is 0.148. The highest BCUT2D eigenvalue weighted by Gasteiger charge is 2.44. The standard InChI is InChI=1S/C29H24O12/c30-16-6-1-14(2-7-16)3-10-22(35)40-28-24(36)20(34)13-38-29(28)41-27-25(37)23-19(33)11-18(32)12-21(23)39-26(27)15-4-8-17(31)9-5-15/h1-12,20,24,28-34,36H,13H2/b10-3+/t20-,24?,28+,29-/m0/s1. The first-order valence-electron chi connectivity index (χ1n) is 12.2. The Morgan fingerprint density at radius 1 is 0.902 bits per heavy atom. The van der Waals surface area contributed by atoms with Crippen LogP contribution in [0.1, 0.15) is 5.56 Å². The summed E-state index contributed by atoms with van der Waals surface area (Å²) in [5, 5.41) is 59.9. The molecule has 5 rings (SSSR count). The van der Waals surface area contributed by atoms with Gasteiger partial charge >= 0.3 is 5.97 Å². The van der Waals surface area contributed by atoms with E-state index >= 15 is 0 Å². The van der Waals surface area contributed by atoms with Crippen molar-refractivity contribution < 1.29 is 54.1 Å². The molecule has 4 aromatic rings. The van der Waals surface area contributed by atoms with E-state index in [-0.39, 0.29) is 39.5 Å². The van der Waals surface area contributed by atoms with Crippen molar-refractivity contribution in [3.63, 3.8) is 0 Å². The van der Waals surface area contributed by atoms with Crippen molar-refractivity contribution in [3.8, 4) is 40.1 Å². The zero-order chi connectivity index (χ0) is 29.3. The minimum Gasteiger partial charge on any atom is -0.508 e. The molecule has 0 spiro atoms. The van der Waals surface area contributed by atoms with Crippen LogP contribution in [-0.2, 0) is 14.3 Å². The van der Waals surface area contributed by atoms with E-state index in [1.54, 1.807) is 12.1 Å². The normalized spacial score (nSPS) is 20.7. The SMILES string of the molecule is O=C(/C=C/c1ccc(O)cc1)O[C@@H]1C(O)[C@@H](O)CO[C@H]1Oc1c(-c2ccc(O)cc2)oc2cc(O)cc(O)c2c1=O. The molecule has 1 aliphatic rings. The molecule has 1 saturated heterocycles. The molecule has 1 aliphatic heterocycles. The second-order valence-corrected chi connectivity index (χ2v) is 9.18. The Morgan fingerprint density at radius 3 is 2.24 bits per heavy atom. The molecule has 1 unspecified atom stereocenters. The van der Waals surface area contributed by atoms with Crippen LogP contribution >= 0.6 is 0 Å². The van der Waals surface area contributed by atoms with E-state index < -0.39 is 54.1 Å². The molecule has 212 valence electrons. The number of aliphatic hydroxyl groups is 2. The number of benzene rings is 3. The fraction of sp³-hybridized carbons (Fsp3) is 0.172. The number of hydrogen-bond acceptors (Lipinski definition) is 12. The van der Waals surface area contributed by atoms with E-state index in [0.29, 0.717) is 5.56 Å². The highest BCUT2D eigenvalue weighted by molar-refractivity contribution is 5.88. The lowest BCUT2D eigenvalue weighted by molar-refractivity contribution is -0.249. The number of esters is 1. The molecule has 0 radical (unpaired) electrons. The van der Waals surface area contributed by atoms with Crippen LogP contribution in [0.2, 0.25) is 0 Å². The average molecular weight is 564 g/mol. The second kappa shape index (κ2) is 11.2. The van der Waals surface area contributed by atoms with Gasteiger partial charge in [-0.3, -0.25) is 4.79 Å². The van der Waals surface area contributed by atoms with Gasteiger partial charge < -0.3 is 49.3 Å². The zero-order valence-electron chi connectivity index (χ0n) is 21.1. The fourth-order valence-electron chi connectivity index (χ4n) is 4.21. The van der Waals surface area contributed by atoms with Gasteiger partial charge in [-0.2, -0.15) is 0 Å². The maximum absolute atomic E-state index is 13.6. The highest BCUT2D eigenvalue weighted by Crippen LogP contribution is 2.37. The number of rotatable bonds is 6. The van der Waals surface area contributed by atoms with Gasteiger partial charge in [0, 0.05) is 23.8 Å². The molecule has 0 bridgehead atoms. The highest BCUT2D eigenvalue weighted by atomic mass is 16.7. The average Bonchev–Trinajstić information content (AvgIpc) is 2.93. The molecule has 41 heavy (non-hydrogen) atoms. The molecule has 2 heterocycles. The lowest BCUT2D eigenvalue weighted by Gasteiger charge is -2.37. The van der Waals surface area contributed by atoms with Gasteiger partial charge in [-0.25, -0.2) is 4.79 Å². The van der Waals surface area contributed by atoms with Gasteiger partial charge in [-0.1, -0.05) is 12.1 Å². The molecule has 4 atom stereocenters. The predicted molar refractivity (Wildman–Crippen MR) is 142 cm³/mol. The lowest BCUT2D eigenvalue weighted by atomic mass is 10.0. The molecular weight excluding hydrogens is 540 g/mol. The first kappa shape index (κ1) is 27.5. The van der Waals surface area contributed by atoms with E-state index in [4.69, 9.17) is 18.6 Å². The summed E-state index contributed by atoms with van der Waals surface area (Å²) < 4.78 is 22.5. The number of fused-ring (bicyclic) bond motifs is 1. The molecule has 1 fully saturated rings. The molecule has 1 aromatic heterocycles. The van der Waals surface area contributed by atoms with Gasteiger partial charge in [0.25, 0.3) is 0 Å². The maximum Gasteiger partial charge on any atom is 0.331 e. The van der Waals surface area contributed by atoms with E-state index in [2.05, 4.69) is 0 Å². The molecule has 0 amide bonds. The van der Waals surface area contributed by atoms with E-state index in [9.17, 15) is 40.2 Å². The number of phenols is 4. The summed E-state index contributed by atoms with van der Waals surface area (Å²) >= 11 is 0. The molecule has 6 N–H and O–H groups in total. The molecule has 12 heteroatoms. The van der Waals surface area contributed by atoms with Crippen molar-refractivity contribution in [2.45, 2.75) is 24.6 Å². The van der Waals surface area contributed by atoms with Gasteiger partial charge in [0.2, 0.25) is 17.5 Å². The van der Waals surface area contributed by atoms with Gasteiger partial charge in [-0.15, -0.1) is 0 Å². The number of hydrogen-bond donors (Lipinski definition) is 6. The smallest absolute Gasteiger partial charge is 0.331 e. The first-order chi connectivity index (χ1) is 19.6. The Kier molecular flexibility index (Phi) is 7.53. The van der Waals surface area contributed by atoms with Crippen molar-refractivity contribution in [2.75, 3.05) is 6.61 Å². The van der Waals surface area contributed by atoms with E-state index in [1.807, 2.05) is 0 Å².